The van der Waals surface area contributed by atoms with E-state index in [9.17, 15) is 4.79 Å². The van der Waals surface area contributed by atoms with Crippen LogP contribution in [0.1, 0.15) is 24.8 Å². The van der Waals surface area contributed by atoms with Crippen LogP contribution in [0.2, 0.25) is 5.02 Å². The zero-order chi connectivity index (χ0) is 13.8. The van der Waals surface area contributed by atoms with Crippen LogP contribution >= 0.6 is 23.8 Å². The van der Waals surface area contributed by atoms with Gasteiger partial charge in [0.1, 0.15) is 0 Å². The molecular weight excluding hydrogens is 280 g/mol. The number of benzene rings is 1. The van der Waals surface area contributed by atoms with E-state index in [1.165, 1.54) is 0 Å². The summed E-state index contributed by atoms with van der Waals surface area (Å²) < 4.78 is 0. The van der Waals surface area contributed by atoms with Gasteiger partial charge in [0, 0.05) is 17.0 Å². The third-order valence-electron chi connectivity index (χ3n) is 3.54. The molecule has 2 atom stereocenters. The maximum atomic E-state index is 12.0. The van der Waals surface area contributed by atoms with Crippen molar-refractivity contribution in [3.05, 3.63) is 34.9 Å². The Balaban J connectivity index is 1.95. The Hall–Kier alpha value is -1.13. The van der Waals surface area contributed by atoms with Crippen molar-refractivity contribution in [3.8, 4) is 0 Å². The van der Waals surface area contributed by atoms with Crippen LogP contribution in [-0.4, -0.2) is 16.9 Å². The van der Waals surface area contributed by atoms with Crippen molar-refractivity contribution in [2.24, 2.45) is 11.7 Å². The number of halogens is 1. The predicted molar refractivity (Wildman–Crippen MR) is 81.2 cm³/mol. The van der Waals surface area contributed by atoms with Gasteiger partial charge in [-0.3, -0.25) is 4.79 Å². The van der Waals surface area contributed by atoms with Crippen LogP contribution in [0.3, 0.4) is 0 Å². The fourth-order valence-electron chi connectivity index (χ4n) is 2.55. The van der Waals surface area contributed by atoms with Crippen LogP contribution in [0.25, 0.3) is 0 Å². The lowest BCUT2D eigenvalue weighted by molar-refractivity contribution is -0.121. The Kier molecular flexibility index (Phi) is 4.77. The standard InChI is InChI=1S/C14H17ClN2OS/c15-11-6-2-1-4-9(11)8-13(18)17-12-7-3-5-10(12)14(16)19/h1-2,4,6,10,12H,3,5,7-8H2,(H2,16,19)(H,17,18). The van der Waals surface area contributed by atoms with Crippen LogP contribution < -0.4 is 11.1 Å². The van der Waals surface area contributed by atoms with Gasteiger partial charge in [-0.05, 0) is 24.5 Å². The van der Waals surface area contributed by atoms with E-state index >= 15 is 0 Å². The van der Waals surface area contributed by atoms with Crippen LogP contribution in [-0.2, 0) is 11.2 Å². The number of hydrogen-bond donors (Lipinski definition) is 2. The highest BCUT2D eigenvalue weighted by Gasteiger charge is 2.30. The Morgan fingerprint density at radius 2 is 2.16 bits per heavy atom. The summed E-state index contributed by atoms with van der Waals surface area (Å²) in [5.41, 5.74) is 6.54. The molecule has 0 spiro atoms. The fraction of sp³-hybridized carbons (Fsp3) is 0.429. The molecule has 0 bridgehead atoms. The van der Waals surface area contributed by atoms with E-state index in [2.05, 4.69) is 5.32 Å². The highest BCUT2D eigenvalue weighted by molar-refractivity contribution is 7.80. The summed E-state index contributed by atoms with van der Waals surface area (Å²) in [6.07, 6.45) is 3.25. The number of thiocarbonyl (C=S) groups is 1. The second-order valence-electron chi connectivity index (χ2n) is 4.88. The normalized spacial score (nSPS) is 22.2. The first-order chi connectivity index (χ1) is 9.08. The van der Waals surface area contributed by atoms with Gasteiger partial charge >= 0.3 is 0 Å². The van der Waals surface area contributed by atoms with E-state index in [1.54, 1.807) is 6.07 Å². The molecule has 5 heteroatoms. The predicted octanol–water partition coefficient (Wildman–Crippen LogP) is 2.45. The fourth-order valence-corrected chi connectivity index (χ4v) is 3.03. The Bertz CT molecular complexity index is 492. The summed E-state index contributed by atoms with van der Waals surface area (Å²) in [5, 5.41) is 3.64. The summed E-state index contributed by atoms with van der Waals surface area (Å²) in [5.74, 6) is 0.103. The average molecular weight is 297 g/mol. The van der Waals surface area contributed by atoms with Gasteiger partial charge in [0.25, 0.3) is 0 Å². The molecule has 0 saturated heterocycles. The Morgan fingerprint density at radius 3 is 2.84 bits per heavy atom. The minimum absolute atomic E-state index is 0.0266. The number of carbonyl (C=O) groups excluding carboxylic acids is 1. The molecule has 0 aromatic heterocycles. The van der Waals surface area contributed by atoms with E-state index in [0.29, 0.717) is 16.4 Å². The van der Waals surface area contributed by atoms with E-state index in [1.807, 2.05) is 18.2 Å². The van der Waals surface area contributed by atoms with Crippen molar-refractivity contribution >= 4 is 34.7 Å². The lowest BCUT2D eigenvalue weighted by Crippen LogP contribution is -2.42. The second-order valence-corrected chi connectivity index (χ2v) is 5.76. The number of amides is 1. The third-order valence-corrected chi connectivity index (χ3v) is 4.21. The molecule has 102 valence electrons. The summed E-state index contributed by atoms with van der Waals surface area (Å²) in [6, 6.07) is 7.46. The largest absolute Gasteiger partial charge is 0.393 e. The molecule has 1 aromatic rings. The number of nitrogens with two attached hydrogens (primary N) is 1. The summed E-state index contributed by atoms with van der Waals surface area (Å²) in [6.45, 7) is 0. The zero-order valence-electron chi connectivity index (χ0n) is 10.6. The molecule has 1 aliphatic carbocycles. The number of rotatable bonds is 4. The average Bonchev–Trinajstić information content (AvgIpc) is 2.80. The van der Waals surface area contributed by atoms with Crippen molar-refractivity contribution < 1.29 is 4.79 Å². The smallest absolute Gasteiger partial charge is 0.224 e. The molecule has 2 rings (SSSR count). The molecule has 0 radical (unpaired) electrons. The molecule has 1 fully saturated rings. The molecular formula is C14H17ClN2OS. The third kappa shape index (κ3) is 3.67. The van der Waals surface area contributed by atoms with Gasteiger partial charge in [-0.1, -0.05) is 48.4 Å². The van der Waals surface area contributed by atoms with E-state index in [4.69, 9.17) is 29.6 Å². The SMILES string of the molecule is NC(=S)C1CCCC1NC(=O)Cc1ccccc1Cl. The molecule has 0 aliphatic heterocycles. The van der Waals surface area contributed by atoms with Crippen molar-refractivity contribution in [2.45, 2.75) is 31.7 Å². The van der Waals surface area contributed by atoms with Gasteiger partial charge in [-0.15, -0.1) is 0 Å². The van der Waals surface area contributed by atoms with Gasteiger partial charge in [-0.2, -0.15) is 0 Å². The van der Waals surface area contributed by atoms with Gasteiger partial charge in [-0.25, -0.2) is 0 Å². The van der Waals surface area contributed by atoms with Gasteiger partial charge in [0.2, 0.25) is 5.91 Å². The van der Waals surface area contributed by atoms with E-state index in [0.717, 1.165) is 24.8 Å². The molecule has 1 saturated carbocycles. The van der Waals surface area contributed by atoms with Crippen LogP contribution in [0.15, 0.2) is 24.3 Å². The van der Waals surface area contributed by atoms with Crippen LogP contribution in [0.4, 0.5) is 0 Å². The molecule has 19 heavy (non-hydrogen) atoms. The summed E-state index contributed by atoms with van der Waals surface area (Å²) in [7, 11) is 0. The first-order valence-corrected chi connectivity index (χ1v) is 7.18. The number of nitrogens with one attached hydrogen (secondary N) is 1. The summed E-state index contributed by atoms with van der Waals surface area (Å²) >= 11 is 11.1. The quantitative estimate of drug-likeness (QED) is 0.839. The lowest BCUT2D eigenvalue weighted by Gasteiger charge is -2.20. The van der Waals surface area contributed by atoms with Crippen molar-refractivity contribution in [1.82, 2.24) is 5.32 Å². The Morgan fingerprint density at radius 1 is 1.42 bits per heavy atom. The van der Waals surface area contributed by atoms with Crippen molar-refractivity contribution in [2.75, 3.05) is 0 Å². The Labute approximate surface area is 123 Å². The lowest BCUT2D eigenvalue weighted by atomic mass is 10.0. The van der Waals surface area contributed by atoms with Gasteiger partial charge in [0.05, 0.1) is 11.4 Å². The minimum Gasteiger partial charge on any atom is -0.393 e. The molecule has 1 aromatic carbocycles. The van der Waals surface area contributed by atoms with Crippen molar-refractivity contribution in [1.29, 1.82) is 0 Å². The molecule has 1 aliphatic rings. The topological polar surface area (TPSA) is 55.1 Å². The highest BCUT2D eigenvalue weighted by atomic mass is 35.5. The van der Waals surface area contributed by atoms with Crippen LogP contribution in [0, 0.1) is 5.92 Å². The van der Waals surface area contributed by atoms with Crippen LogP contribution in [0.5, 0.6) is 0 Å². The second kappa shape index (κ2) is 6.35. The summed E-state index contributed by atoms with van der Waals surface area (Å²) in [4.78, 5) is 12.5. The maximum absolute atomic E-state index is 12.0. The number of carbonyl (C=O) groups is 1. The molecule has 1 amide bonds. The highest BCUT2D eigenvalue weighted by Crippen LogP contribution is 2.26. The number of hydrogen-bond acceptors (Lipinski definition) is 2. The van der Waals surface area contributed by atoms with E-state index < -0.39 is 0 Å². The minimum atomic E-state index is -0.0266. The molecule has 2 unspecified atom stereocenters. The first-order valence-electron chi connectivity index (χ1n) is 6.40. The maximum Gasteiger partial charge on any atom is 0.224 e. The van der Waals surface area contributed by atoms with Gasteiger partial charge in [0.15, 0.2) is 0 Å². The van der Waals surface area contributed by atoms with E-state index in [-0.39, 0.29) is 17.9 Å². The van der Waals surface area contributed by atoms with Crippen molar-refractivity contribution in [3.63, 3.8) is 0 Å². The van der Waals surface area contributed by atoms with Gasteiger partial charge < -0.3 is 11.1 Å². The molecule has 3 nitrogen and oxygen atoms in total. The zero-order valence-corrected chi connectivity index (χ0v) is 12.1. The monoisotopic (exact) mass is 296 g/mol. The molecule has 3 N–H and O–H groups in total. The molecule has 0 heterocycles. The first kappa shape index (κ1) is 14.3.